The van der Waals surface area contributed by atoms with Crippen LogP contribution in [-0.2, 0) is 17.6 Å². The summed E-state index contributed by atoms with van der Waals surface area (Å²) >= 11 is 0. The number of para-hydroxylation sites is 2. The van der Waals surface area contributed by atoms with Crippen LogP contribution >= 0.6 is 0 Å². The van der Waals surface area contributed by atoms with Gasteiger partial charge in [0.1, 0.15) is 23.0 Å². The zero-order valence-corrected chi connectivity index (χ0v) is 19.2. The fourth-order valence-electron chi connectivity index (χ4n) is 4.92. The van der Waals surface area contributed by atoms with Gasteiger partial charge in [0.15, 0.2) is 11.6 Å². The van der Waals surface area contributed by atoms with Crippen LogP contribution in [0, 0.1) is 0 Å². The molecule has 2 aliphatic carbocycles. The number of aromatic nitrogens is 1. The third-order valence-electron chi connectivity index (χ3n) is 6.65. The van der Waals surface area contributed by atoms with Gasteiger partial charge in [-0.1, -0.05) is 47.6 Å². The van der Waals surface area contributed by atoms with Crippen LogP contribution in [0.1, 0.15) is 65.4 Å². The first-order valence-corrected chi connectivity index (χ1v) is 11.9. The van der Waals surface area contributed by atoms with Crippen LogP contribution in [0.4, 0.5) is 5.69 Å². The third kappa shape index (κ3) is 4.67. The third-order valence-corrected chi connectivity index (χ3v) is 6.65. The minimum absolute atomic E-state index is 0.0115. The number of Topliss-reactive ketones (excluding diaryl/α,β-unsaturated/α-hetero) is 2. The van der Waals surface area contributed by atoms with E-state index in [4.69, 9.17) is 4.52 Å². The topological polar surface area (TPSA) is 113 Å². The van der Waals surface area contributed by atoms with Gasteiger partial charge < -0.3 is 14.7 Å². The molecule has 1 unspecified atom stereocenters. The molecule has 0 spiro atoms. The Bertz CT molecular complexity index is 1340. The lowest BCUT2D eigenvalue weighted by Crippen LogP contribution is -2.24. The Morgan fingerprint density at radius 3 is 2.51 bits per heavy atom. The second-order valence-corrected chi connectivity index (χ2v) is 9.01. The van der Waals surface area contributed by atoms with Crippen LogP contribution in [0.15, 0.2) is 75.4 Å². The number of phenols is 1. The van der Waals surface area contributed by atoms with E-state index in [1.54, 1.807) is 18.2 Å². The number of aliphatic hydroxyl groups excluding tert-OH is 1. The number of allylic oxidation sites excluding steroid dienone is 2. The maximum absolute atomic E-state index is 13.3. The first-order valence-electron chi connectivity index (χ1n) is 11.9. The summed E-state index contributed by atoms with van der Waals surface area (Å²) < 4.78 is 5.40. The molecule has 35 heavy (non-hydrogen) atoms. The number of phenolic OH excluding ortho intramolecular Hbond substituents is 1. The Labute approximate surface area is 202 Å². The van der Waals surface area contributed by atoms with E-state index >= 15 is 0 Å². The molecule has 0 bridgehead atoms. The number of hydrogen-bond donors (Lipinski definition) is 2. The molecule has 1 heterocycles. The molecule has 7 heteroatoms. The van der Waals surface area contributed by atoms with Gasteiger partial charge in [-0.25, -0.2) is 4.99 Å². The number of aryl methyl sites for hydroxylation is 2. The van der Waals surface area contributed by atoms with Crippen molar-refractivity contribution in [2.24, 2.45) is 4.99 Å². The molecule has 2 aliphatic rings. The second kappa shape index (κ2) is 9.70. The molecule has 0 radical (unpaired) electrons. The van der Waals surface area contributed by atoms with Crippen molar-refractivity contribution in [3.05, 3.63) is 88.5 Å². The molecule has 0 amide bonds. The number of rotatable bonds is 6. The molecule has 0 saturated carbocycles. The molecule has 3 aromatic rings. The predicted molar refractivity (Wildman–Crippen MR) is 130 cm³/mol. The normalized spacial score (nSPS) is 18.6. The quantitative estimate of drug-likeness (QED) is 0.456. The average Bonchev–Trinajstić information content (AvgIpc) is 3.28. The number of carbonyl (C=O) groups excluding carboxylic acids is 2. The first kappa shape index (κ1) is 22.8. The average molecular weight is 471 g/mol. The van der Waals surface area contributed by atoms with E-state index in [0.717, 1.165) is 12.0 Å². The van der Waals surface area contributed by atoms with Crippen LogP contribution in [0.2, 0.25) is 0 Å². The molecular weight excluding hydrogens is 444 g/mol. The van der Waals surface area contributed by atoms with Crippen LogP contribution in [0.5, 0.6) is 5.75 Å². The SMILES string of the molecule is O=C1CC(c2ccccc2)CC(O)=C1C(CCc1noc2c1C(=O)CCC2)=Nc1ccccc1O. The van der Waals surface area contributed by atoms with E-state index in [1.165, 1.54) is 6.07 Å². The van der Waals surface area contributed by atoms with E-state index in [9.17, 15) is 19.8 Å². The van der Waals surface area contributed by atoms with Gasteiger partial charge in [0.2, 0.25) is 0 Å². The largest absolute Gasteiger partial charge is 0.511 e. The highest BCUT2D eigenvalue weighted by Gasteiger charge is 2.32. The highest BCUT2D eigenvalue weighted by Crippen LogP contribution is 2.36. The van der Waals surface area contributed by atoms with Gasteiger partial charge in [0, 0.05) is 25.7 Å². The summed E-state index contributed by atoms with van der Waals surface area (Å²) in [5, 5.41) is 25.4. The number of hydrogen-bond acceptors (Lipinski definition) is 7. The lowest BCUT2D eigenvalue weighted by molar-refractivity contribution is -0.116. The lowest BCUT2D eigenvalue weighted by Gasteiger charge is -2.24. The van der Waals surface area contributed by atoms with Crippen LogP contribution in [0.25, 0.3) is 0 Å². The Hall–Kier alpha value is -4.00. The Morgan fingerprint density at radius 2 is 1.74 bits per heavy atom. The summed E-state index contributed by atoms with van der Waals surface area (Å²) in [4.78, 5) is 30.4. The van der Waals surface area contributed by atoms with Gasteiger partial charge in [-0.3, -0.25) is 9.59 Å². The molecular formula is C28H26N2O5. The van der Waals surface area contributed by atoms with Crippen LogP contribution < -0.4 is 0 Å². The number of aliphatic imine (C=N–C) groups is 1. The number of aliphatic hydroxyl groups is 1. The minimum atomic E-state index is -0.199. The highest BCUT2D eigenvalue weighted by molar-refractivity contribution is 6.24. The van der Waals surface area contributed by atoms with Gasteiger partial charge in [-0.2, -0.15) is 0 Å². The Kier molecular flexibility index (Phi) is 6.31. The number of nitrogens with zero attached hydrogens (tertiary/aromatic N) is 2. The van der Waals surface area contributed by atoms with Gasteiger partial charge in [-0.15, -0.1) is 0 Å². The van der Waals surface area contributed by atoms with E-state index in [1.807, 2.05) is 30.3 Å². The first-order chi connectivity index (χ1) is 17.0. The van der Waals surface area contributed by atoms with Gasteiger partial charge in [-0.05, 0) is 42.9 Å². The van der Waals surface area contributed by atoms with E-state index < -0.39 is 0 Å². The molecule has 178 valence electrons. The summed E-state index contributed by atoms with van der Waals surface area (Å²) in [6, 6.07) is 16.3. The van der Waals surface area contributed by atoms with E-state index in [0.29, 0.717) is 54.1 Å². The molecule has 2 aromatic carbocycles. The smallest absolute Gasteiger partial charge is 0.168 e. The highest BCUT2D eigenvalue weighted by atomic mass is 16.5. The standard InChI is InChI=1S/C28H26N2O5/c31-22-10-5-4-9-19(22)29-20(13-14-21-28-23(32)11-6-12-26(28)35-30-21)27-24(33)15-18(16-25(27)34)17-7-2-1-3-8-17/h1-5,7-10,18,31,33H,6,11-16H2. The van der Waals surface area contributed by atoms with Crippen molar-refractivity contribution in [2.45, 2.75) is 50.9 Å². The van der Waals surface area contributed by atoms with Gasteiger partial charge in [0.05, 0.1) is 22.5 Å². The number of carbonyl (C=O) groups is 2. The van der Waals surface area contributed by atoms with E-state index in [-0.39, 0.29) is 47.4 Å². The van der Waals surface area contributed by atoms with Crippen molar-refractivity contribution in [3.8, 4) is 5.75 Å². The summed E-state index contributed by atoms with van der Waals surface area (Å²) in [6.07, 6.45) is 3.04. The molecule has 2 N–H and O–H groups in total. The monoisotopic (exact) mass is 470 g/mol. The zero-order chi connectivity index (χ0) is 24.4. The van der Waals surface area contributed by atoms with Gasteiger partial charge >= 0.3 is 0 Å². The molecule has 0 saturated heterocycles. The molecule has 1 aromatic heterocycles. The predicted octanol–water partition coefficient (Wildman–Crippen LogP) is 5.56. The number of benzene rings is 2. The Morgan fingerprint density at radius 1 is 0.971 bits per heavy atom. The molecule has 5 rings (SSSR count). The van der Waals surface area contributed by atoms with E-state index in [2.05, 4.69) is 10.1 Å². The van der Waals surface area contributed by atoms with Crippen molar-refractivity contribution in [1.29, 1.82) is 0 Å². The molecule has 0 fully saturated rings. The summed E-state index contributed by atoms with van der Waals surface area (Å²) in [7, 11) is 0. The summed E-state index contributed by atoms with van der Waals surface area (Å²) in [5.74, 6) is 0.279. The minimum Gasteiger partial charge on any atom is -0.511 e. The zero-order valence-electron chi connectivity index (χ0n) is 19.2. The number of ketones is 2. The number of fused-ring (bicyclic) bond motifs is 1. The van der Waals surface area contributed by atoms with Crippen molar-refractivity contribution < 1.29 is 24.3 Å². The van der Waals surface area contributed by atoms with Crippen LogP contribution in [0.3, 0.4) is 0 Å². The van der Waals surface area contributed by atoms with Crippen molar-refractivity contribution in [2.75, 3.05) is 0 Å². The fourth-order valence-corrected chi connectivity index (χ4v) is 4.92. The van der Waals surface area contributed by atoms with Crippen molar-refractivity contribution in [1.82, 2.24) is 5.16 Å². The van der Waals surface area contributed by atoms with Crippen LogP contribution in [-0.4, -0.2) is 32.6 Å². The maximum Gasteiger partial charge on any atom is 0.168 e. The van der Waals surface area contributed by atoms with Gasteiger partial charge in [0.25, 0.3) is 0 Å². The second-order valence-electron chi connectivity index (χ2n) is 9.01. The summed E-state index contributed by atoms with van der Waals surface area (Å²) in [5.41, 5.74) is 2.93. The summed E-state index contributed by atoms with van der Waals surface area (Å²) in [6.45, 7) is 0. The maximum atomic E-state index is 13.3. The molecule has 0 aliphatic heterocycles. The number of aromatic hydroxyl groups is 1. The molecule has 1 atom stereocenters. The lowest BCUT2D eigenvalue weighted by atomic mass is 9.80. The Balaban J connectivity index is 1.49. The van der Waals surface area contributed by atoms with Crippen molar-refractivity contribution in [3.63, 3.8) is 0 Å². The van der Waals surface area contributed by atoms with Crippen molar-refractivity contribution >= 4 is 23.0 Å². The fraction of sp³-hybridized carbons (Fsp3) is 0.286. The molecule has 7 nitrogen and oxygen atoms in total.